The van der Waals surface area contributed by atoms with Crippen molar-refractivity contribution in [3.63, 3.8) is 0 Å². The Balaban J connectivity index is 1.44. The number of pyridine rings is 1. The number of carbonyl (C=O) groups is 1. The van der Waals surface area contributed by atoms with Gasteiger partial charge in [0.25, 0.3) is 0 Å². The average molecular weight is 336 g/mol. The minimum absolute atomic E-state index is 0.146. The third-order valence-electron chi connectivity index (χ3n) is 5.51. The molecular formula is C20H24N4O. The van der Waals surface area contributed by atoms with E-state index in [1.54, 1.807) is 0 Å². The molecule has 130 valence electrons. The largest absolute Gasteiger partial charge is 0.366 e. The third-order valence-corrected chi connectivity index (χ3v) is 5.51. The maximum absolute atomic E-state index is 11.2. The maximum Gasteiger partial charge on any atom is 0.148 e. The Morgan fingerprint density at radius 2 is 1.92 bits per heavy atom. The predicted octanol–water partition coefficient (Wildman–Crippen LogP) is 3.98. The maximum atomic E-state index is 11.2. The molecule has 0 radical (unpaired) electrons. The summed E-state index contributed by atoms with van der Waals surface area (Å²) in [5.74, 6) is 1.39. The van der Waals surface area contributed by atoms with E-state index in [9.17, 15) is 4.79 Å². The molecule has 2 aromatic heterocycles. The van der Waals surface area contributed by atoms with Crippen LogP contribution in [0.5, 0.6) is 0 Å². The second-order valence-corrected chi connectivity index (χ2v) is 7.70. The van der Waals surface area contributed by atoms with Gasteiger partial charge < -0.3 is 10.1 Å². The van der Waals surface area contributed by atoms with Crippen molar-refractivity contribution in [3.05, 3.63) is 36.2 Å². The van der Waals surface area contributed by atoms with Crippen molar-refractivity contribution in [1.29, 1.82) is 0 Å². The van der Waals surface area contributed by atoms with Crippen LogP contribution in [0, 0.1) is 5.41 Å². The molecule has 0 unspecified atom stereocenters. The van der Waals surface area contributed by atoms with Crippen molar-refractivity contribution >= 4 is 12.1 Å². The molecule has 2 aromatic rings. The molecule has 2 heterocycles. The Morgan fingerprint density at radius 1 is 1.12 bits per heavy atom. The predicted molar refractivity (Wildman–Crippen MR) is 97.3 cm³/mol. The summed E-state index contributed by atoms with van der Waals surface area (Å²) >= 11 is 0. The van der Waals surface area contributed by atoms with Gasteiger partial charge in [-0.2, -0.15) is 0 Å². The van der Waals surface area contributed by atoms with Gasteiger partial charge in [0.05, 0.1) is 11.4 Å². The molecule has 25 heavy (non-hydrogen) atoms. The van der Waals surface area contributed by atoms with Crippen LogP contribution in [-0.2, 0) is 4.79 Å². The Labute approximate surface area is 148 Å². The van der Waals surface area contributed by atoms with Crippen LogP contribution in [0.2, 0.25) is 0 Å². The first-order chi connectivity index (χ1) is 12.2. The Morgan fingerprint density at radius 3 is 2.56 bits per heavy atom. The van der Waals surface area contributed by atoms with Gasteiger partial charge in [-0.3, -0.25) is 4.98 Å². The fourth-order valence-electron chi connectivity index (χ4n) is 3.62. The first-order valence-corrected chi connectivity index (χ1v) is 9.19. The van der Waals surface area contributed by atoms with Crippen LogP contribution in [0.15, 0.2) is 30.5 Å². The molecule has 0 aromatic carbocycles. The molecule has 0 aliphatic heterocycles. The van der Waals surface area contributed by atoms with Crippen molar-refractivity contribution < 1.29 is 4.79 Å². The van der Waals surface area contributed by atoms with E-state index in [-0.39, 0.29) is 5.41 Å². The number of carbonyl (C=O) groups excluding carboxylic acids is 1. The number of nitrogens with one attached hydrogen (secondary N) is 1. The fraction of sp³-hybridized carbons (Fsp3) is 0.500. The van der Waals surface area contributed by atoms with E-state index in [1.807, 2.05) is 24.4 Å². The van der Waals surface area contributed by atoms with Crippen LogP contribution in [0.1, 0.15) is 57.1 Å². The number of anilines is 1. The molecular weight excluding hydrogens is 312 g/mol. The van der Waals surface area contributed by atoms with E-state index in [4.69, 9.17) is 0 Å². The molecule has 0 atom stereocenters. The van der Waals surface area contributed by atoms with Crippen LogP contribution < -0.4 is 5.32 Å². The van der Waals surface area contributed by atoms with Crippen molar-refractivity contribution in [3.8, 4) is 11.3 Å². The Bertz CT molecular complexity index is 747. The summed E-state index contributed by atoms with van der Waals surface area (Å²) < 4.78 is 0. The highest BCUT2D eigenvalue weighted by Gasteiger charge is 2.31. The van der Waals surface area contributed by atoms with Crippen molar-refractivity contribution in [1.82, 2.24) is 15.2 Å². The standard InChI is InChI=1S/C20H24N4O/c1-20(13-25)10-8-15(9-11-20)22-18-7-6-17(23-24-18)16-3-2-12-21-19(16)14-4-5-14/h2-3,6-7,12-15H,4-5,8-11H2,1H3,(H,22,24). The van der Waals surface area contributed by atoms with Gasteiger partial charge in [0.1, 0.15) is 12.1 Å². The molecule has 5 nitrogen and oxygen atoms in total. The van der Waals surface area contributed by atoms with E-state index in [2.05, 4.69) is 33.5 Å². The third kappa shape index (κ3) is 3.55. The van der Waals surface area contributed by atoms with Crippen LogP contribution in [-0.4, -0.2) is 27.5 Å². The summed E-state index contributed by atoms with van der Waals surface area (Å²) in [6.07, 6.45) is 9.26. The number of nitrogens with zero attached hydrogens (tertiary/aromatic N) is 3. The van der Waals surface area contributed by atoms with Crippen LogP contribution in [0.3, 0.4) is 0 Å². The molecule has 2 fully saturated rings. The quantitative estimate of drug-likeness (QED) is 0.837. The van der Waals surface area contributed by atoms with Gasteiger partial charge in [-0.05, 0) is 62.8 Å². The number of aldehydes is 1. The van der Waals surface area contributed by atoms with Gasteiger partial charge in [-0.1, -0.05) is 6.92 Å². The van der Waals surface area contributed by atoms with E-state index < -0.39 is 0 Å². The second kappa shape index (κ2) is 6.54. The first kappa shape index (κ1) is 16.2. The zero-order valence-electron chi connectivity index (χ0n) is 14.6. The van der Waals surface area contributed by atoms with Gasteiger partial charge in [-0.25, -0.2) is 0 Å². The number of hydrogen-bond acceptors (Lipinski definition) is 5. The molecule has 4 rings (SSSR count). The lowest BCUT2D eigenvalue weighted by molar-refractivity contribution is -0.116. The average Bonchev–Trinajstić information content (AvgIpc) is 3.50. The molecule has 2 saturated carbocycles. The zero-order valence-corrected chi connectivity index (χ0v) is 14.6. The highest BCUT2D eigenvalue weighted by Crippen LogP contribution is 2.42. The SMILES string of the molecule is CC1(C=O)CCC(Nc2ccc(-c3cccnc3C3CC3)nn2)CC1. The Hall–Kier alpha value is -2.30. The smallest absolute Gasteiger partial charge is 0.148 e. The molecule has 0 bridgehead atoms. The zero-order chi connectivity index (χ0) is 17.3. The lowest BCUT2D eigenvalue weighted by Crippen LogP contribution is -2.32. The van der Waals surface area contributed by atoms with Crippen molar-refractivity contribution in [2.24, 2.45) is 5.41 Å². The van der Waals surface area contributed by atoms with E-state index in [1.165, 1.54) is 12.8 Å². The topological polar surface area (TPSA) is 67.8 Å². The number of hydrogen-bond donors (Lipinski definition) is 1. The molecule has 0 amide bonds. The second-order valence-electron chi connectivity index (χ2n) is 7.70. The summed E-state index contributed by atoms with van der Waals surface area (Å²) in [4.78, 5) is 15.7. The molecule has 5 heteroatoms. The summed E-state index contributed by atoms with van der Waals surface area (Å²) in [6.45, 7) is 2.05. The number of aromatic nitrogens is 3. The van der Waals surface area contributed by atoms with E-state index in [0.717, 1.165) is 54.7 Å². The summed E-state index contributed by atoms with van der Waals surface area (Å²) in [5.41, 5.74) is 2.99. The molecule has 1 N–H and O–H groups in total. The van der Waals surface area contributed by atoms with Crippen molar-refractivity contribution in [2.45, 2.75) is 57.4 Å². The molecule has 0 saturated heterocycles. The van der Waals surface area contributed by atoms with Crippen LogP contribution >= 0.6 is 0 Å². The van der Waals surface area contributed by atoms with Crippen LogP contribution in [0.25, 0.3) is 11.3 Å². The van der Waals surface area contributed by atoms with E-state index >= 15 is 0 Å². The van der Waals surface area contributed by atoms with Gasteiger partial charge in [0, 0.05) is 29.1 Å². The normalized spacial score (nSPS) is 26.2. The lowest BCUT2D eigenvalue weighted by Gasteiger charge is -2.33. The first-order valence-electron chi connectivity index (χ1n) is 9.19. The minimum Gasteiger partial charge on any atom is -0.366 e. The lowest BCUT2D eigenvalue weighted by atomic mass is 9.75. The fourth-order valence-corrected chi connectivity index (χ4v) is 3.62. The highest BCUT2D eigenvalue weighted by atomic mass is 16.1. The van der Waals surface area contributed by atoms with Crippen molar-refractivity contribution in [2.75, 3.05) is 5.32 Å². The summed E-state index contributed by atoms with van der Waals surface area (Å²) in [6, 6.07) is 8.43. The molecule has 2 aliphatic carbocycles. The summed E-state index contributed by atoms with van der Waals surface area (Å²) in [5, 5.41) is 12.3. The van der Waals surface area contributed by atoms with Gasteiger partial charge in [0.2, 0.25) is 0 Å². The summed E-state index contributed by atoms with van der Waals surface area (Å²) in [7, 11) is 0. The molecule has 0 spiro atoms. The monoisotopic (exact) mass is 336 g/mol. The van der Waals surface area contributed by atoms with Gasteiger partial charge in [-0.15, -0.1) is 10.2 Å². The van der Waals surface area contributed by atoms with Crippen LogP contribution in [0.4, 0.5) is 5.82 Å². The highest BCUT2D eigenvalue weighted by molar-refractivity contribution is 5.63. The van der Waals surface area contributed by atoms with Gasteiger partial charge in [0.15, 0.2) is 0 Å². The van der Waals surface area contributed by atoms with E-state index in [0.29, 0.717) is 12.0 Å². The number of rotatable bonds is 5. The Kier molecular flexibility index (Phi) is 4.24. The minimum atomic E-state index is -0.146. The molecule has 2 aliphatic rings. The van der Waals surface area contributed by atoms with Gasteiger partial charge >= 0.3 is 0 Å².